The Labute approximate surface area is 102 Å². The predicted molar refractivity (Wildman–Crippen MR) is 56.9 cm³/mol. The van der Waals surface area contributed by atoms with Crippen molar-refractivity contribution in [3.8, 4) is 0 Å². The summed E-state index contributed by atoms with van der Waals surface area (Å²) in [5.41, 5.74) is -0.641. The van der Waals surface area contributed by atoms with Crippen molar-refractivity contribution in [3.05, 3.63) is 17.0 Å². The summed E-state index contributed by atoms with van der Waals surface area (Å²) in [4.78, 5) is 0. The molecule has 2 unspecified atom stereocenters. The molecule has 1 aromatic heterocycles. The molecular formula is C12H14F4N2. The van der Waals surface area contributed by atoms with Crippen LogP contribution in [0.1, 0.15) is 56.1 Å². The Bertz CT molecular complexity index is 513. The number of halogens is 4. The molecule has 0 aliphatic heterocycles. The van der Waals surface area contributed by atoms with E-state index in [1.807, 2.05) is 0 Å². The van der Waals surface area contributed by atoms with Crippen molar-refractivity contribution in [2.45, 2.75) is 51.0 Å². The van der Waals surface area contributed by atoms with Crippen LogP contribution in [0.25, 0.3) is 0 Å². The first-order valence-electron chi connectivity index (χ1n) is 6.04. The second-order valence-corrected chi connectivity index (χ2v) is 5.61. The van der Waals surface area contributed by atoms with Gasteiger partial charge in [-0.25, -0.2) is 0 Å². The molecule has 0 saturated heterocycles. The zero-order valence-electron chi connectivity index (χ0n) is 10.3. The van der Waals surface area contributed by atoms with Crippen LogP contribution in [0.15, 0.2) is 0 Å². The van der Waals surface area contributed by atoms with Crippen LogP contribution in [-0.4, -0.2) is 9.78 Å². The maximum Gasteiger partial charge on any atom is 0.293 e. The molecule has 2 nitrogen and oxygen atoms in total. The Balaban J connectivity index is 2.26. The lowest BCUT2D eigenvalue weighted by Gasteiger charge is -2.17. The molecule has 1 saturated carbocycles. The van der Waals surface area contributed by atoms with Crippen LogP contribution in [0, 0.1) is 5.92 Å². The van der Waals surface area contributed by atoms with Gasteiger partial charge in [0, 0.05) is 24.4 Å². The number of nitrogens with zero attached hydrogens (tertiary/aromatic N) is 2. The standard InChI is InChI=1S/C12H14F4N2/c1-5(2)18-10-8(9(17-18)11(3,13)14)6-4-7(6)12(10,15)16/h5-7H,4H2,1-3H3. The fourth-order valence-electron chi connectivity index (χ4n) is 2.92. The molecule has 0 bridgehead atoms. The third kappa shape index (κ3) is 1.32. The minimum atomic E-state index is -3.17. The van der Waals surface area contributed by atoms with Gasteiger partial charge in [-0.2, -0.15) is 22.7 Å². The zero-order valence-corrected chi connectivity index (χ0v) is 10.3. The summed E-state index contributed by atoms with van der Waals surface area (Å²) in [5, 5.41) is 3.76. The monoisotopic (exact) mass is 262 g/mol. The van der Waals surface area contributed by atoms with Crippen LogP contribution in [0.3, 0.4) is 0 Å². The summed E-state index contributed by atoms with van der Waals surface area (Å²) < 4.78 is 56.3. The highest BCUT2D eigenvalue weighted by Gasteiger charge is 2.67. The third-order valence-corrected chi connectivity index (χ3v) is 3.79. The quantitative estimate of drug-likeness (QED) is 0.741. The van der Waals surface area contributed by atoms with Crippen molar-refractivity contribution < 1.29 is 17.6 Å². The molecule has 100 valence electrons. The molecular weight excluding hydrogens is 248 g/mol. The van der Waals surface area contributed by atoms with Gasteiger partial charge in [0.1, 0.15) is 11.4 Å². The summed E-state index contributed by atoms with van der Waals surface area (Å²) in [5.74, 6) is -7.40. The minimum Gasteiger partial charge on any atom is -0.260 e. The molecule has 1 fully saturated rings. The van der Waals surface area contributed by atoms with E-state index in [0.717, 1.165) is 4.68 Å². The molecule has 18 heavy (non-hydrogen) atoms. The Kier molecular flexibility index (Phi) is 2.05. The molecule has 2 atom stereocenters. The second-order valence-electron chi connectivity index (χ2n) is 5.61. The van der Waals surface area contributed by atoms with E-state index in [-0.39, 0.29) is 17.3 Å². The molecule has 0 aromatic carbocycles. The van der Waals surface area contributed by atoms with Crippen LogP contribution in [0.5, 0.6) is 0 Å². The van der Waals surface area contributed by atoms with Crippen LogP contribution in [-0.2, 0) is 11.8 Å². The van der Waals surface area contributed by atoms with Gasteiger partial charge in [0.25, 0.3) is 11.8 Å². The first kappa shape index (κ1) is 12.0. The number of hydrogen-bond donors (Lipinski definition) is 0. The molecule has 0 radical (unpaired) electrons. The van der Waals surface area contributed by atoms with E-state index in [4.69, 9.17) is 0 Å². The molecule has 0 N–H and O–H groups in total. The van der Waals surface area contributed by atoms with Gasteiger partial charge >= 0.3 is 0 Å². The Hall–Kier alpha value is -1.07. The molecule has 1 aromatic rings. The fraction of sp³-hybridized carbons (Fsp3) is 0.750. The number of aromatic nitrogens is 2. The Morgan fingerprint density at radius 3 is 2.50 bits per heavy atom. The summed E-state index contributed by atoms with van der Waals surface area (Å²) in [7, 11) is 0. The van der Waals surface area contributed by atoms with E-state index in [1.54, 1.807) is 13.8 Å². The van der Waals surface area contributed by atoms with Crippen molar-refractivity contribution >= 4 is 0 Å². The molecule has 6 heteroatoms. The maximum atomic E-state index is 14.1. The summed E-state index contributed by atoms with van der Waals surface area (Å²) in [6, 6.07) is -0.349. The van der Waals surface area contributed by atoms with Gasteiger partial charge in [-0.3, -0.25) is 4.68 Å². The lowest BCUT2D eigenvalue weighted by atomic mass is 10.1. The molecule has 3 rings (SSSR count). The van der Waals surface area contributed by atoms with Crippen LogP contribution in [0.4, 0.5) is 17.6 Å². The SMILES string of the molecule is CC(C)n1nc(C(C)(F)F)c2c1C(F)(F)C1CC21. The van der Waals surface area contributed by atoms with Crippen molar-refractivity contribution in [1.29, 1.82) is 0 Å². The maximum absolute atomic E-state index is 14.1. The normalized spacial score (nSPS) is 28.4. The van der Waals surface area contributed by atoms with Gasteiger partial charge in [0.15, 0.2) is 0 Å². The molecule has 0 amide bonds. The summed E-state index contributed by atoms with van der Waals surface area (Å²) >= 11 is 0. The van der Waals surface area contributed by atoms with E-state index < -0.39 is 29.4 Å². The highest BCUT2D eigenvalue weighted by atomic mass is 19.3. The Morgan fingerprint density at radius 2 is 2.00 bits per heavy atom. The number of fused-ring (bicyclic) bond motifs is 3. The highest BCUT2D eigenvalue weighted by molar-refractivity contribution is 5.47. The molecule has 0 spiro atoms. The topological polar surface area (TPSA) is 17.8 Å². The van der Waals surface area contributed by atoms with Gasteiger partial charge in [0.2, 0.25) is 0 Å². The van der Waals surface area contributed by atoms with E-state index in [9.17, 15) is 17.6 Å². The van der Waals surface area contributed by atoms with E-state index >= 15 is 0 Å². The van der Waals surface area contributed by atoms with Gasteiger partial charge in [-0.1, -0.05) is 0 Å². The smallest absolute Gasteiger partial charge is 0.260 e. The summed E-state index contributed by atoms with van der Waals surface area (Å²) in [6.07, 6.45) is 0.298. The van der Waals surface area contributed by atoms with E-state index in [0.29, 0.717) is 13.3 Å². The largest absolute Gasteiger partial charge is 0.293 e. The molecule has 2 aliphatic carbocycles. The van der Waals surface area contributed by atoms with E-state index in [1.165, 1.54) is 0 Å². The lowest BCUT2D eigenvalue weighted by Crippen LogP contribution is -2.21. The van der Waals surface area contributed by atoms with Crippen molar-refractivity contribution in [2.75, 3.05) is 0 Å². The van der Waals surface area contributed by atoms with Gasteiger partial charge in [-0.15, -0.1) is 0 Å². The average molecular weight is 262 g/mol. The first-order chi connectivity index (χ1) is 8.15. The number of rotatable bonds is 2. The second kappa shape index (κ2) is 3.08. The molecule has 2 aliphatic rings. The van der Waals surface area contributed by atoms with Crippen molar-refractivity contribution in [1.82, 2.24) is 9.78 Å². The third-order valence-electron chi connectivity index (χ3n) is 3.79. The highest BCUT2D eigenvalue weighted by Crippen LogP contribution is 2.68. The fourth-order valence-corrected chi connectivity index (χ4v) is 2.92. The zero-order chi connectivity index (χ0) is 13.5. The van der Waals surface area contributed by atoms with Crippen LogP contribution < -0.4 is 0 Å². The van der Waals surface area contributed by atoms with Crippen molar-refractivity contribution in [3.63, 3.8) is 0 Å². The molecule has 1 heterocycles. The van der Waals surface area contributed by atoms with Gasteiger partial charge in [-0.05, 0) is 26.2 Å². The van der Waals surface area contributed by atoms with Crippen LogP contribution in [0.2, 0.25) is 0 Å². The average Bonchev–Trinajstić information content (AvgIpc) is 2.82. The first-order valence-corrected chi connectivity index (χ1v) is 6.04. The predicted octanol–water partition coefficient (Wildman–Crippen LogP) is 3.78. The van der Waals surface area contributed by atoms with Crippen molar-refractivity contribution in [2.24, 2.45) is 5.92 Å². The minimum absolute atomic E-state index is 0.103. The lowest BCUT2D eigenvalue weighted by molar-refractivity contribution is -0.0321. The van der Waals surface area contributed by atoms with E-state index in [2.05, 4.69) is 5.10 Å². The Morgan fingerprint density at radius 1 is 1.39 bits per heavy atom. The summed E-state index contributed by atoms with van der Waals surface area (Å²) in [6.45, 7) is 4.06. The number of hydrogen-bond acceptors (Lipinski definition) is 1. The van der Waals surface area contributed by atoms with Crippen LogP contribution >= 0.6 is 0 Å². The van der Waals surface area contributed by atoms with Gasteiger partial charge in [0.05, 0.1) is 0 Å². The van der Waals surface area contributed by atoms with Gasteiger partial charge < -0.3 is 0 Å². The number of alkyl halides is 4.